The number of nitro groups is 1. The van der Waals surface area contributed by atoms with Crippen molar-refractivity contribution in [1.29, 1.82) is 0 Å². The first-order chi connectivity index (χ1) is 15.8. The molecule has 172 valence electrons. The van der Waals surface area contributed by atoms with Crippen molar-refractivity contribution >= 4 is 27.1 Å². The highest BCUT2D eigenvalue weighted by Crippen LogP contribution is 2.31. The molecule has 10 heteroatoms. The van der Waals surface area contributed by atoms with Crippen molar-refractivity contribution in [3.63, 3.8) is 0 Å². The van der Waals surface area contributed by atoms with Gasteiger partial charge < -0.3 is 10.2 Å². The van der Waals surface area contributed by atoms with Crippen molar-refractivity contribution in [2.75, 3.05) is 36.4 Å². The van der Waals surface area contributed by atoms with Gasteiger partial charge in [-0.1, -0.05) is 30.3 Å². The van der Waals surface area contributed by atoms with Gasteiger partial charge in [-0.05, 0) is 42.0 Å². The van der Waals surface area contributed by atoms with E-state index < -0.39 is 20.8 Å². The minimum absolute atomic E-state index is 0.0211. The maximum Gasteiger partial charge on any atom is 0.292 e. The summed E-state index contributed by atoms with van der Waals surface area (Å²) in [5, 5.41) is 14.6. The van der Waals surface area contributed by atoms with Gasteiger partial charge in [0.05, 0.1) is 9.82 Å². The molecule has 1 aliphatic rings. The summed E-state index contributed by atoms with van der Waals surface area (Å²) in [6.45, 7) is 1.80. The summed E-state index contributed by atoms with van der Waals surface area (Å²) in [5.41, 5.74) is 2.15. The molecule has 1 saturated heterocycles. The second kappa shape index (κ2) is 9.55. The maximum atomic E-state index is 13.2. The van der Waals surface area contributed by atoms with Crippen LogP contribution in [0.25, 0.3) is 0 Å². The van der Waals surface area contributed by atoms with Crippen molar-refractivity contribution in [2.24, 2.45) is 0 Å². The molecule has 0 spiro atoms. The van der Waals surface area contributed by atoms with Crippen LogP contribution in [0.1, 0.15) is 5.56 Å². The molecule has 0 aromatic heterocycles. The Bertz CT molecular complexity index is 1230. The Labute approximate surface area is 191 Å². The van der Waals surface area contributed by atoms with Crippen LogP contribution in [0.15, 0.2) is 77.7 Å². The molecule has 4 rings (SSSR count). The highest BCUT2D eigenvalue weighted by molar-refractivity contribution is 7.89. The Morgan fingerprint density at radius 1 is 0.939 bits per heavy atom. The lowest BCUT2D eigenvalue weighted by Gasteiger charge is -2.35. The van der Waals surface area contributed by atoms with Crippen molar-refractivity contribution in [3.05, 3.63) is 94.3 Å². The number of halogens is 1. The Morgan fingerprint density at radius 2 is 1.61 bits per heavy atom. The van der Waals surface area contributed by atoms with E-state index in [1.807, 2.05) is 35.2 Å². The summed E-state index contributed by atoms with van der Waals surface area (Å²) < 4.78 is 40.2. The fraction of sp³-hybridized carbons (Fsp3) is 0.217. The second-order valence-corrected chi connectivity index (χ2v) is 9.58. The molecule has 1 aliphatic heterocycles. The molecule has 1 fully saturated rings. The molecule has 1 heterocycles. The lowest BCUT2D eigenvalue weighted by molar-refractivity contribution is -0.384. The van der Waals surface area contributed by atoms with Crippen molar-refractivity contribution in [1.82, 2.24) is 4.31 Å². The Kier molecular flexibility index (Phi) is 6.57. The average molecular weight is 471 g/mol. The third kappa shape index (κ3) is 5.12. The molecule has 0 aliphatic carbocycles. The molecule has 33 heavy (non-hydrogen) atoms. The van der Waals surface area contributed by atoms with E-state index in [9.17, 15) is 22.9 Å². The van der Waals surface area contributed by atoms with Gasteiger partial charge >= 0.3 is 0 Å². The summed E-state index contributed by atoms with van der Waals surface area (Å²) in [6.07, 6.45) is 0. The largest absolute Gasteiger partial charge is 0.375 e. The van der Waals surface area contributed by atoms with Gasteiger partial charge in [-0.15, -0.1) is 0 Å². The van der Waals surface area contributed by atoms with E-state index in [0.29, 0.717) is 25.3 Å². The highest BCUT2D eigenvalue weighted by Gasteiger charge is 2.29. The van der Waals surface area contributed by atoms with Gasteiger partial charge in [0.25, 0.3) is 5.69 Å². The van der Waals surface area contributed by atoms with Gasteiger partial charge in [-0.3, -0.25) is 10.1 Å². The zero-order chi connectivity index (χ0) is 23.4. The Hall–Kier alpha value is -3.50. The Morgan fingerprint density at radius 3 is 2.24 bits per heavy atom. The fourth-order valence-corrected chi connectivity index (χ4v) is 5.18. The lowest BCUT2D eigenvalue weighted by Crippen LogP contribution is -2.48. The van der Waals surface area contributed by atoms with Crippen LogP contribution >= 0.6 is 0 Å². The number of sulfonamides is 1. The number of hydrogen-bond donors (Lipinski definition) is 1. The van der Waals surface area contributed by atoms with Crippen molar-refractivity contribution in [3.8, 4) is 0 Å². The SMILES string of the molecule is O=[N+]([O-])c1ccc(N2CCN(S(=O)(=O)c3ccc(F)cc3)CC2)cc1NCc1ccccc1. The first-order valence-electron chi connectivity index (χ1n) is 10.4. The number of rotatable bonds is 7. The minimum atomic E-state index is -3.71. The summed E-state index contributed by atoms with van der Waals surface area (Å²) in [4.78, 5) is 13.1. The molecule has 0 saturated carbocycles. The number of nitro benzene ring substituents is 1. The van der Waals surface area contributed by atoms with Gasteiger partial charge in [0, 0.05) is 44.5 Å². The fourth-order valence-electron chi connectivity index (χ4n) is 3.76. The third-order valence-corrected chi connectivity index (χ3v) is 7.47. The predicted octanol–water partition coefficient (Wildman–Crippen LogP) is 3.86. The average Bonchev–Trinajstić information content (AvgIpc) is 2.83. The summed E-state index contributed by atoms with van der Waals surface area (Å²) in [5.74, 6) is -0.492. The monoisotopic (exact) mass is 470 g/mol. The zero-order valence-corrected chi connectivity index (χ0v) is 18.5. The normalized spacial score (nSPS) is 14.8. The molecular formula is C23H23FN4O4S. The highest BCUT2D eigenvalue weighted by atomic mass is 32.2. The van der Waals surface area contributed by atoms with E-state index in [1.165, 1.54) is 22.5 Å². The van der Waals surface area contributed by atoms with Crippen LogP contribution in [0.5, 0.6) is 0 Å². The van der Waals surface area contributed by atoms with E-state index in [0.717, 1.165) is 23.4 Å². The van der Waals surface area contributed by atoms with Crippen LogP contribution in [0.4, 0.5) is 21.5 Å². The zero-order valence-electron chi connectivity index (χ0n) is 17.7. The van der Waals surface area contributed by atoms with Crippen LogP contribution in [-0.4, -0.2) is 43.8 Å². The van der Waals surface area contributed by atoms with Crippen LogP contribution in [0.3, 0.4) is 0 Å². The minimum Gasteiger partial charge on any atom is -0.375 e. The van der Waals surface area contributed by atoms with Gasteiger partial charge in [-0.2, -0.15) is 4.31 Å². The van der Waals surface area contributed by atoms with Crippen molar-refractivity contribution < 1.29 is 17.7 Å². The summed E-state index contributed by atoms with van der Waals surface area (Å²) in [7, 11) is -3.71. The maximum absolute atomic E-state index is 13.2. The van der Waals surface area contributed by atoms with Crippen molar-refractivity contribution in [2.45, 2.75) is 11.4 Å². The number of piperazine rings is 1. The second-order valence-electron chi connectivity index (χ2n) is 7.64. The molecule has 8 nitrogen and oxygen atoms in total. The number of benzene rings is 3. The Balaban J connectivity index is 1.47. The molecule has 3 aromatic carbocycles. The van der Waals surface area contributed by atoms with E-state index in [2.05, 4.69) is 5.32 Å². The standard InChI is InChI=1S/C23H23FN4O4S/c24-19-6-9-21(10-7-19)33(31,32)27-14-12-26(13-15-27)20-8-11-23(28(29)30)22(16-20)25-17-18-4-2-1-3-5-18/h1-11,16,25H,12-15,17H2. The molecule has 0 unspecified atom stereocenters. The predicted molar refractivity (Wildman–Crippen MR) is 124 cm³/mol. The van der Waals surface area contributed by atoms with E-state index in [1.54, 1.807) is 12.1 Å². The molecular weight excluding hydrogens is 447 g/mol. The topological polar surface area (TPSA) is 95.8 Å². The van der Waals surface area contributed by atoms with E-state index in [4.69, 9.17) is 0 Å². The molecule has 0 bridgehead atoms. The molecule has 3 aromatic rings. The number of anilines is 2. The van der Waals surface area contributed by atoms with Crippen LogP contribution in [0.2, 0.25) is 0 Å². The molecule has 1 N–H and O–H groups in total. The molecule has 0 amide bonds. The van der Waals surface area contributed by atoms with Crippen LogP contribution in [0, 0.1) is 15.9 Å². The van der Waals surface area contributed by atoms with Crippen LogP contribution in [-0.2, 0) is 16.6 Å². The number of nitrogens with one attached hydrogen (secondary N) is 1. The van der Waals surface area contributed by atoms with Crippen LogP contribution < -0.4 is 10.2 Å². The number of nitrogens with zero attached hydrogens (tertiary/aromatic N) is 3. The summed E-state index contributed by atoms with van der Waals surface area (Å²) in [6, 6.07) is 19.2. The van der Waals surface area contributed by atoms with Gasteiger partial charge in [0.1, 0.15) is 11.5 Å². The molecule has 0 atom stereocenters. The van der Waals surface area contributed by atoms with E-state index in [-0.39, 0.29) is 23.7 Å². The first kappa shape index (κ1) is 22.7. The first-order valence-corrected chi connectivity index (χ1v) is 11.9. The van der Waals surface area contributed by atoms with E-state index >= 15 is 0 Å². The number of hydrogen-bond acceptors (Lipinski definition) is 6. The lowest BCUT2D eigenvalue weighted by atomic mass is 10.2. The smallest absolute Gasteiger partial charge is 0.292 e. The van der Waals surface area contributed by atoms with Gasteiger partial charge in [0.2, 0.25) is 10.0 Å². The van der Waals surface area contributed by atoms with Gasteiger partial charge in [-0.25, -0.2) is 12.8 Å². The third-order valence-electron chi connectivity index (χ3n) is 5.56. The summed E-state index contributed by atoms with van der Waals surface area (Å²) >= 11 is 0. The van der Waals surface area contributed by atoms with Gasteiger partial charge in [0.15, 0.2) is 0 Å². The quantitative estimate of drug-likeness (QED) is 0.416. The molecule has 0 radical (unpaired) electrons.